The first-order chi connectivity index (χ1) is 8.27. The molecule has 17 heavy (non-hydrogen) atoms. The lowest BCUT2D eigenvalue weighted by atomic mass is 10.1. The number of aliphatic carboxylic acids is 1. The number of pyridine rings is 1. The molecule has 3 nitrogen and oxygen atoms in total. The van der Waals surface area contributed by atoms with Crippen molar-refractivity contribution in [1.29, 1.82) is 0 Å². The van der Waals surface area contributed by atoms with Crippen LogP contribution in [-0.4, -0.2) is 16.1 Å². The highest BCUT2D eigenvalue weighted by atomic mass is 16.4. The predicted octanol–water partition coefficient (Wildman–Crippen LogP) is 2.89. The zero-order chi connectivity index (χ0) is 12.1. The smallest absolute Gasteiger partial charge is 0.328 e. The van der Waals surface area contributed by atoms with E-state index in [-0.39, 0.29) is 0 Å². The number of carbonyl (C=O) groups is 1. The SMILES string of the molecule is O=C(O)/C=C/C=C/c1cccc2cccnc12. The van der Waals surface area contributed by atoms with E-state index in [1.54, 1.807) is 12.3 Å². The minimum atomic E-state index is -0.953. The van der Waals surface area contributed by atoms with Gasteiger partial charge in [0.15, 0.2) is 0 Å². The average molecular weight is 225 g/mol. The van der Waals surface area contributed by atoms with Crippen molar-refractivity contribution in [1.82, 2.24) is 4.98 Å². The number of hydrogen-bond acceptors (Lipinski definition) is 2. The van der Waals surface area contributed by atoms with Crippen molar-refractivity contribution < 1.29 is 9.90 Å². The Labute approximate surface area is 98.7 Å². The Morgan fingerprint density at radius 3 is 2.82 bits per heavy atom. The number of carboxylic acids is 1. The second-order valence-corrected chi connectivity index (χ2v) is 3.48. The summed E-state index contributed by atoms with van der Waals surface area (Å²) >= 11 is 0. The Morgan fingerprint density at radius 1 is 1.18 bits per heavy atom. The highest BCUT2D eigenvalue weighted by Gasteiger charge is 1.96. The predicted molar refractivity (Wildman–Crippen MR) is 67.6 cm³/mol. The van der Waals surface area contributed by atoms with E-state index in [4.69, 9.17) is 5.11 Å². The minimum absolute atomic E-state index is 0.912. The molecule has 0 amide bonds. The van der Waals surface area contributed by atoms with Gasteiger partial charge in [0.2, 0.25) is 0 Å². The molecule has 2 rings (SSSR count). The lowest BCUT2D eigenvalue weighted by Crippen LogP contribution is -1.84. The number of para-hydroxylation sites is 1. The van der Waals surface area contributed by atoms with E-state index in [0.29, 0.717) is 0 Å². The van der Waals surface area contributed by atoms with Gasteiger partial charge >= 0.3 is 5.97 Å². The first-order valence-corrected chi connectivity index (χ1v) is 5.19. The topological polar surface area (TPSA) is 50.2 Å². The van der Waals surface area contributed by atoms with Crippen LogP contribution in [0, 0.1) is 0 Å². The fraction of sp³-hybridized carbons (Fsp3) is 0. The molecule has 0 atom stereocenters. The molecule has 0 saturated carbocycles. The lowest BCUT2D eigenvalue weighted by molar-refractivity contribution is -0.131. The zero-order valence-corrected chi connectivity index (χ0v) is 9.08. The second-order valence-electron chi connectivity index (χ2n) is 3.48. The van der Waals surface area contributed by atoms with Crippen LogP contribution in [0.2, 0.25) is 0 Å². The van der Waals surface area contributed by atoms with E-state index in [1.807, 2.05) is 36.4 Å². The summed E-state index contributed by atoms with van der Waals surface area (Å²) in [7, 11) is 0. The number of nitrogens with zero attached hydrogens (tertiary/aromatic N) is 1. The van der Waals surface area contributed by atoms with Gasteiger partial charge in [0.05, 0.1) is 5.52 Å². The van der Waals surface area contributed by atoms with Crippen LogP contribution < -0.4 is 0 Å². The van der Waals surface area contributed by atoms with E-state index >= 15 is 0 Å². The molecule has 0 unspecified atom stereocenters. The summed E-state index contributed by atoms with van der Waals surface area (Å²) in [5, 5.41) is 9.52. The Hall–Kier alpha value is -2.42. The van der Waals surface area contributed by atoms with Gasteiger partial charge in [-0.05, 0) is 6.07 Å². The normalized spacial score (nSPS) is 11.5. The van der Waals surface area contributed by atoms with Crippen molar-refractivity contribution in [2.45, 2.75) is 0 Å². The molecular formula is C14H11NO2. The molecule has 3 heteroatoms. The molecule has 1 aromatic carbocycles. The van der Waals surface area contributed by atoms with Gasteiger partial charge in [-0.3, -0.25) is 4.98 Å². The van der Waals surface area contributed by atoms with Gasteiger partial charge in [-0.15, -0.1) is 0 Å². The van der Waals surface area contributed by atoms with E-state index in [2.05, 4.69) is 4.98 Å². The summed E-state index contributed by atoms with van der Waals surface area (Å²) in [5.41, 5.74) is 1.88. The van der Waals surface area contributed by atoms with Gasteiger partial charge in [-0.25, -0.2) is 4.79 Å². The number of aromatic nitrogens is 1. The third-order valence-corrected chi connectivity index (χ3v) is 2.29. The molecule has 0 fully saturated rings. The fourth-order valence-corrected chi connectivity index (χ4v) is 1.56. The highest BCUT2D eigenvalue weighted by molar-refractivity contribution is 5.87. The number of benzene rings is 1. The van der Waals surface area contributed by atoms with E-state index in [0.717, 1.165) is 22.5 Å². The largest absolute Gasteiger partial charge is 0.478 e. The summed E-state index contributed by atoms with van der Waals surface area (Å²) in [4.78, 5) is 14.6. The Bertz CT molecular complexity index is 595. The molecule has 84 valence electrons. The quantitative estimate of drug-likeness (QED) is 0.645. The zero-order valence-electron chi connectivity index (χ0n) is 9.08. The summed E-state index contributed by atoms with van der Waals surface area (Å²) in [5.74, 6) is -0.953. The Morgan fingerprint density at radius 2 is 2.00 bits per heavy atom. The second kappa shape index (κ2) is 5.07. The number of carboxylic acid groups (broad SMARTS) is 1. The summed E-state index contributed by atoms with van der Waals surface area (Å²) in [6.45, 7) is 0. The third kappa shape index (κ3) is 2.78. The minimum Gasteiger partial charge on any atom is -0.478 e. The Balaban J connectivity index is 2.33. The standard InChI is InChI=1S/C14H11NO2/c16-13(17)9-2-1-5-11-6-3-7-12-8-4-10-15-14(11)12/h1-10H,(H,16,17)/b5-1+,9-2+. The summed E-state index contributed by atoms with van der Waals surface area (Å²) < 4.78 is 0. The van der Waals surface area contributed by atoms with Gasteiger partial charge in [0.25, 0.3) is 0 Å². The van der Waals surface area contributed by atoms with Crippen molar-refractivity contribution in [3.63, 3.8) is 0 Å². The number of allylic oxidation sites excluding steroid dienone is 2. The molecule has 0 radical (unpaired) electrons. The van der Waals surface area contributed by atoms with Crippen LogP contribution in [0.4, 0.5) is 0 Å². The molecule has 1 N–H and O–H groups in total. The summed E-state index contributed by atoms with van der Waals surface area (Å²) in [6.07, 6.45) is 7.86. The van der Waals surface area contributed by atoms with E-state index < -0.39 is 5.97 Å². The van der Waals surface area contributed by atoms with Crippen molar-refractivity contribution in [2.75, 3.05) is 0 Å². The number of hydrogen-bond donors (Lipinski definition) is 1. The highest BCUT2D eigenvalue weighted by Crippen LogP contribution is 2.16. The molecule has 2 aromatic rings. The van der Waals surface area contributed by atoms with Gasteiger partial charge in [-0.1, -0.05) is 42.5 Å². The Kier molecular flexibility index (Phi) is 3.31. The van der Waals surface area contributed by atoms with Crippen LogP contribution in [0.1, 0.15) is 5.56 Å². The van der Waals surface area contributed by atoms with Gasteiger partial charge in [0.1, 0.15) is 0 Å². The maximum absolute atomic E-state index is 10.3. The average Bonchev–Trinajstić information content (AvgIpc) is 2.34. The molecule has 0 saturated heterocycles. The van der Waals surface area contributed by atoms with Crippen molar-refractivity contribution in [3.8, 4) is 0 Å². The van der Waals surface area contributed by atoms with Crippen LogP contribution in [0.5, 0.6) is 0 Å². The van der Waals surface area contributed by atoms with Gasteiger partial charge < -0.3 is 5.11 Å². The molecule has 0 aliphatic carbocycles. The van der Waals surface area contributed by atoms with Crippen molar-refractivity contribution in [3.05, 3.63) is 60.3 Å². The first-order valence-electron chi connectivity index (χ1n) is 5.19. The van der Waals surface area contributed by atoms with Gasteiger partial charge in [-0.2, -0.15) is 0 Å². The van der Waals surface area contributed by atoms with Crippen LogP contribution in [0.3, 0.4) is 0 Å². The third-order valence-electron chi connectivity index (χ3n) is 2.29. The van der Waals surface area contributed by atoms with Crippen molar-refractivity contribution in [2.24, 2.45) is 0 Å². The van der Waals surface area contributed by atoms with Crippen LogP contribution in [0.25, 0.3) is 17.0 Å². The van der Waals surface area contributed by atoms with Crippen LogP contribution in [-0.2, 0) is 4.79 Å². The summed E-state index contributed by atoms with van der Waals surface area (Å²) in [6, 6.07) is 9.77. The maximum atomic E-state index is 10.3. The van der Waals surface area contributed by atoms with Crippen LogP contribution in [0.15, 0.2) is 54.8 Å². The molecular weight excluding hydrogens is 214 g/mol. The van der Waals surface area contributed by atoms with Crippen molar-refractivity contribution >= 4 is 22.9 Å². The fourth-order valence-electron chi connectivity index (χ4n) is 1.56. The van der Waals surface area contributed by atoms with Crippen LogP contribution >= 0.6 is 0 Å². The van der Waals surface area contributed by atoms with E-state index in [1.165, 1.54) is 6.08 Å². The molecule has 0 aliphatic heterocycles. The molecule has 1 aromatic heterocycles. The molecule has 0 bridgehead atoms. The number of rotatable bonds is 3. The molecule has 0 spiro atoms. The van der Waals surface area contributed by atoms with Gasteiger partial charge in [0, 0.05) is 23.2 Å². The lowest BCUT2D eigenvalue weighted by Gasteiger charge is -1.99. The monoisotopic (exact) mass is 225 g/mol. The number of fused-ring (bicyclic) bond motifs is 1. The molecule has 1 heterocycles. The van der Waals surface area contributed by atoms with E-state index in [9.17, 15) is 4.79 Å². The molecule has 0 aliphatic rings. The first kappa shape index (κ1) is 11.1. The maximum Gasteiger partial charge on any atom is 0.328 e.